The van der Waals surface area contributed by atoms with Gasteiger partial charge in [0.25, 0.3) is 0 Å². The van der Waals surface area contributed by atoms with E-state index in [0.29, 0.717) is 6.54 Å². The van der Waals surface area contributed by atoms with Gasteiger partial charge in [-0.05, 0) is 45.2 Å². The van der Waals surface area contributed by atoms with Crippen molar-refractivity contribution < 1.29 is 16.8 Å². The number of sulfonamides is 1. The molecule has 0 N–H and O–H groups in total. The van der Waals surface area contributed by atoms with Crippen molar-refractivity contribution in [2.24, 2.45) is 0 Å². The van der Waals surface area contributed by atoms with Crippen LogP contribution in [-0.4, -0.2) is 76.0 Å². The smallest absolute Gasteiger partial charge is 0.214 e. The van der Waals surface area contributed by atoms with Crippen LogP contribution in [0.1, 0.15) is 32.1 Å². The zero-order valence-corrected chi connectivity index (χ0v) is 14.3. The van der Waals surface area contributed by atoms with E-state index >= 15 is 0 Å². The van der Waals surface area contributed by atoms with Gasteiger partial charge in [0.2, 0.25) is 10.0 Å². The molecule has 2 rings (SSSR count). The van der Waals surface area contributed by atoms with Crippen molar-refractivity contribution in [1.29, 1.82) is 0 Å². The molecule has 1 atom stereocenters. The van der Waals surface area contributed by atoms with Crippen LogP contribution in [0, 0.1) is 0 Å². The van der Waals surface area contributed by atoms with Crippen LogP contribution in [0.3, 0.4) is 0 Å². The maximum Gasteiger partial charge on any atom is 0.214 e. The molecule has 1 unspecified atom stereocenters. The molecule has 0 radical (unpaired) electrons. The molecule has 124 valence electrons. The zero-order chi connectivity index (χ0) is 15.5. The van der Waals surface area contributed by atoms with Crippen molar-refractivity contribution in [1.82, 2.24) is 9.21 Å². The minimum Gasteiger partial charge on any atom is -0.302 e. The first-order chi connectivity index (χ1) is 9.78. The summed E-state index contributed by atoms with van der Waals surface area (Å²) in [6.07, 6.45) is 5.56. The Morgan fingerprint density at radius 3 is 2.24 bits per heavy atom. The molecule has 2 heterocycles. The Hall–Kier alpha value is -0.180. The van der Waals surface area contributed by atoms with Crippen LogP contribution < -0.4 is 0 Å². The van der Waals surface area contributed by atoms with Crippen LogP contribution in [0.25, 0.3) is 0 Å². The number of hydrogen-bond acceptors (Lipinski definition) is 5. The monoisotopic (exact) mass is 338 g/mol. The summed E-state index contributed by atoms with van der Waals surface area (Å²) in [5, 5.41) is 0. The van der Waals surface area contributed by atoms with Gasteiger partial charge in [-0.3, -0.25) is 0 Å². The minimum atomic E-state index is -3.33. The highest BCUT2D eigenvalue weighted by Crippen LogP contribution is 2.24. The molecule has 0 spiro atoms. The van der Waals surface area contributed by atoms with Gasteiger partial charge in [0, 0.05) is 25.4 Å². The van der Waals surface area contributed by atoms with Crippen LogP contribution in [0.5, 0.6) is 0 Å². The first-order valence-corrected chi connectivity index (χ1v) is 11.3. The number of rotatable bonds is 7. The highest BCUT2D eigenvalue weighted by atomic mass is 32.2. The Morgan fingerprint density at radius 1 is 0.952 bits per heavy atom. The number of nitrogens with zero attached hydrogens (tertiary/aromatic N) is 2. The van der Waals surface area contributed by atoms with E-state index in [4.69, 9.17) is 0 Å². The Balaban J connectivity index is 1.90. The van der Waals surface area contributed by atoms with E-state index in [2.05, 4.69) is 4.90 Å². The van der Waals surface area contributed by atoms with E-state index in [0.717, 1.165) is 38.7 Å². The lowest BCUT2D eigenvalue weighted by Gasteiger charge is -2.27. The van der Waals surface area contributed by atoms with Gasteiger partial charge in [-0.15, -0.1) is 0 Å². The maximum atomic E-state index is 12.4. The summed E-state index contributed by atoms with van der Waals surface area (Å²) < 4.78 is 48.7. The molecule has 0 aromatic carbocycles. The molecule has 0 aliphatic carbocycles. The summed E-state index contributed by atoms with van der Waals surface area (Å²) in [6.45, 7) is 3.54. The molecule has 0 bridgehead atoms. The van der Waals surface area contributed by atoms with E-state index in [9.17, 15) is 16.8 Å². The SMILES string of the molecule is CS(=O)(=O)CCCS(=O)(=O)N1CCCC1CN1CCCC1. The molecule has 2 aliphatic heterocycles. The van der Waals surface area contributed by atoms with E-state index in [1.165, 1.54) is 12.8 Å². The molecule has 21 heavy (non-hydrogen) atoms. The van der Waals surface area contributed by atoms with Gasteiger partial charge in [-0.2, -0.15) is 4.31 Å². The first-order valence-electron chi connectivity index (χ1n) is 7.67. The molecule has 6 nitrogen and oxygen atoms in total. The van der Waals surface area contributed by atoms with Gasteiger partial charge in [0.05, 0.1) is 11.5 Å². The summed E-state index contributed by atoms with van der Waals surface area (Å²) in [5.74, 6) is -0.118. The fourth-order valence-electron chi connectivity index (χ4n) is 3.24. The Kier molecular flexibility index (Phi) is 5.67. The van der Waals surface area contributed by atoms with Crippen molar-refractivity contribution in [2.45, 2.75) is 38.1 Å². The van der Waals surface area contributed by atoms with Gasteiger partial charge >= 0.3 is 0 Å². The second-order valence-corrected chi connectivity index (χ2v) is 10.5. The predicted octanol–water partition coefficient (Wildman–Crippen LogP) is 0.311. The van der Waals surface area contributed by atoms with Crippen LogP contribution >= 0.6 is 0 Å². The molecule has 0 amide bonds. The van der Waals surface area contributed by atoms with Crippen LogP contribution in [0.15, 0.2) is 0 Å². The van der Waals surface area contributed by atoms with Crippen molar-refractivity contribution in [2.75, 3.05) is 43.9 Å². The highest BCUT2D eigenvalue weighted by Gasteiger charge is 2.35. The fourth-order valence-corrected chi connectivity index (χ4v) is 5.87. The third-order valence-corrected chi connectivity index (χ3v) is 7.30. The molecule has 2 saturated heterocycles. The lowest BCUT2D eigenvalue weighted by molar-refractivity contribution is 0.257. The molecule has 2 fully saturated rings. The standard InChI is InChI=1S/C13H26N2O4S2/c1-20(16,17)10-5-11-21(18,19)15-9-4-6-13(15)12-14-7-2-3-8-14/h13H,2-12H2,1H3. The molecular weight excluding hydrogens is 312 g/mol. The van der Waals surface area contributed by atoms with Gasteiger partial charge in [0.15, 0.2) is 0 Å². The number of hydrogen-bond donors (Lipinski definition) is 0. The lowest BCUT2D eigenvalue weighted by atomic mass is 10.2. The minimum absolute atomic E-state index is 0.0587. The first kappa shape index (κ1) is 17.2. The maximum absolute atomic E-state index is 12.4. The quantitative estimate of drug-likeness (QED) is 0.668. The van der Waals surface area contributed by atoms with Gasteiger partial charge in [-0.25, -0.2) is 16.8 Å². The topological polar surface area (TPSA) is 74.8 Å². The molecular formula is C13H26N2O4S2. The molecule has 2 aliphatic rings. The van der Waals surface area contributed by atoms with Crippen LogP contribution in [0.2, 0.25) is 0 Å². The van der Waals surface area contributed by atoms with Crippen molar-refractivity contribution in [3.8, 4) is 0 Å². The summed E-state index contributed by atoms with van der Waals surface area (Å²) in [4.78, 5) is 2.34. The average molecular weight is 338 g/mol. The third-order valence-electron chi connectivity index (χ3n) is 4.27. The molecule has 0 aromatic heterocycles. The summed E-state index contributed by atoms with van der Waals surface area (Å²) in [5.41, 5.74) is 0. The Morgan fingerprint density at radius 2 is 1.62 bits per heavy atom. The lowest BCUT2D eigenvalue weighted by Crippen LogP contribution is -2.43. The number of likely N-dealkylation sites (tertiary alicyclic amines) is 1. The van der Waals surface area contributed by atoms with Crippen molar-refractivity contribution in [3.05, 3.63) is 0 Å². The summed E-state index contributed by atoms with van der Waals surface area (Å²) in [7, 11) is -6.42. The van der Waals surface area contributed by atoms with E-state index in [-0.39, 0.29) is 24.0 Å². The Bertz CT molecular complexity index is 539. The number of sulfone groups is 1. The average Bonchev–Trinajstić information content (AvgIpc) is 2.98. The van der Waals surface area contributed by atoms with Gasteiger partial charge < -0.3 is 4.90 Å². The van der Waals surface area contributed by atoms with Crippen molar-refractivity contribution >= 4 is 19.9 Å². The fraction of sp³-hybridized carbons (Fsp3) is 1.00. The zero-order valence-electron chi connectivity index (χ0n) is 12.7. The largest absolute Gasteiger partial charge is 0.302 e. The summed E-state index contributed by atoms with van der Waals surface area (Å²) >= 11 is 0. The summed E-state index contributed by atoms with van der Waals surface area (Å²) in [6, 6.07) is 0.0753. The van der Waals surface area contributed by atoms with Crippen molar-refractivity contribution in [3.63, 3.8) is 0 Å². The van der Waals surface area contributed by atoms with Gasteiger partial charge in [0.1, 0.15) is 9.84 Å². The molecule has 0 aromatic rings. The Labute approximate surface area is 128 Å². The molecule has 8 heteroatoms. The van der Waals surface area contributed by atoms with Crippen LogP contribution in [0.4, 0.5) is 0 Å². The van der Waals surface area contributed by atoms with Gasteiger partial charge in [-0.1, -0.05) is 0 Å². The predicted molar refractivity (Wildman–Crippen MR) is 83.5 cm³/mol. The normalized spacial score (nSPS) is 25.7. The van der Waals surface area contributed by atoms with E-state index in [1.807, 2.05) is 0 Å². The molecule has 0 saturated carbocycles. The second-order valence-electron chi connectivity index (χ2n) is 6.21. The second kappa shape index (κ2) is 6.93. The van der Waals surface area contributed by atoms with Crippen LogP contribution in [-0.2, 0) is 19.9 Å². The third kappa shape index (κ3) is 5.19. The van der Waals surface area contributed by atoms with E-state index < -0.39 is 19.9 Å². The van der Waals surface area contributed by atoms with E-state index in [1.54, 1.807) is 4.31 Å². The highest BCUT2D eigenvalue weighted by molar-refractivity contribution is 7.91.